The first kappa shape index (κ1) is 21.7. The Labute approximate surface area is 180 Å². The second-order valence-electron chi connectivity index (χ2n) is 6.71. The first-order chi connectivity index (χ1) is 14.6. The van der Waals surface area contributed by atoms with Crippen LogP contribution in [0.4, 0.5) is 5.69 Å². The van der Waals surface area contributed by atoms with Crippen LogP contribution in [0, 0.1) is 0 Å². The molecule has 8 heteroatoms. The molecule has 0 atom stereocenters. The molecular formula is C22H26N4O3S. The number of thioether (sulfide) groups is 1. The lowest BCUT2D eigenvalue weighted by Crippen LogP contribution is -2.14. The highest BCUT2D eigenvalue weighted by molar-refractivity contribution is 7.99. The molecule has 0 spiro atoms. The molecule has 0 unspecified atom stereocenters. The van der Waals surface area contributed by atoms with Crippen molar-refractivity contribution in [2.24, 2.45) is 0 Å². The second kappa shape index (κ2) is 10.7. The third kappa shape index (κ3) is 6.00. The summed E-state index contributed by atoms with van der Waals surface area (Å²) in [6, 6.07) is 17.6. The minimum absolute atomic E-state index is 0.140. The Morgan fingerprint density at radius 2 is 1.83 bits per heavy atom. The van der Waals surface area contributed by atoms with Crippen molar-refractivity contribution in [1.82, 2.24) is 14.8 Å². The molecule has 1 N–H and O–H groups in total. The molecule has 7 nitrogen and oxygen atoms in total. The second-order valence-corrected chi connectivity index (χ2v) is 7.65. The predicted molar refractivity (Wildman–Crippen MR) is 118 cm³/mol. The molecule has 30 heavy (non-hydrogen) atoms. The van der Waals surface area contributed by atoms with Crippen LogP contribution in [0.3, 0.4) is 0 Å². The average molecular weight is 427 g/mol. The third-order valence-electron chi connectivity index (χ3n) is 4.02. The minimum Gasteiger partial charge on any atom is -0.494 e. The zero-order valence-electron chi connectivity index (χ0n) is 17.4. The van der Waals surface area contributed by atoms with Crippen molar-refractivity contribution in [3.63, 3.8) is 0 Å². The molecule has 3 aromatic rings. The topological polar surface area (TPSA) is 78.3 Å². The summed E-state index contributed by atoms with van der Waals surface area (Å²) >= 11 is 1.31. The monoisotopic (exact) mass is 426 g/mol. The van der Waals surface area contributed by atoms with Crippen LogP contribution in [0.2, 0.25) is 0 Å². The molecule has 0 radical (unpaired) electrons. The molecule has 158 valence electrons. The molecule has 0 aliphatic carbocycles. The summed E-state index contributed by atoms with van der Waals surface area (Å²) in [7, 11) is 0. The van der Waals surface area contributed by atoms with Gasteiger partial charge in [0, 0.05) is 11.4 Å². The first-order valence-electron chi connectivity index (χ1n) is 9.85. The molecule has 0 amide bonds. The van der Waals surface area contributed by atoms with E-state index in [2.05, 4.69) is 15.5 Å². The highest BCUT2D eigenvalue weighted by Crippen LogP contribution is 2.23. The number of benzene rings is 2. The van der Waals surface area contributed by atoms with Crippen molar-refractivity contribution in [3.8, 4) is 11.4 Å². The molecule has 0 aliphatic heterocycles. The van der Waals surface area contributed by atoms with Crippen molar-refractivity contribution in [3.05, 3.63) is 60.4 Å². The Bertz CT molecular complexity index is 943. The maximum absolute atomic E-state index is 11.9. The predicted octanol–water partition coefficient (Wildman–Crippen LogP) is 4.32. The molecule has 0 aliphatic rings. The number of nitrogens with one attached hydrogen (secondary N) is 1. The number of anilines is 1. The number of hydrogen-bond acceptors (Lipinski definition) is 7. The lowest BCUT2D eigenvalue weighted by Gasteiger charge is -2.12. The highest BCUT2D eigenvalue weighted by Gasteiger charge is 2.16. The molecule has 1 aromatic heterocycles. The molecule has 0 bridgehead atoms. The maximum atomic E-state index is 11.9. The molecule has 0 fully saturated rings. The molecular weight excluding hydrogens is 400 g/mol. The fourth-order valence-corrected chi connectivity index (χ4v) is 3.54. The van der Waals surface area contributed by atoms with E-state index in [1.54, 1.807) is 0 Å². The smallest absolute Gasteiger partial charge is 0.316 e. The van der Waals surface area contributed by atoms with Crippen LogP contribution in [-0.2, 0) is 16.1 Å². The fraction of sp³-hybridized carbons (Fsp3) is 0.318. The minimum atomic E-state index is -0.272. The summed E-state index contributed by atoms with van der Waals surface area (Å²) in [4.78, 5) is 11.9. The summed E-state index contributed by atoms with van der Waals surface area (Å²) in [5.74, 6) is 1.49. The Hall–Kier alpha value is -3.00. The normalized spacial score (nSPS) is 10.8. The third-order valence-corrected chi connectivity index (χ3v) is 4.92. The zero-order valence-corrected chi connectivity index (χ0v) is 18.2. The average Bonchev–Trinajstić information content (AvgIpc) is 3.15. The lowest BCUT2D eigenvalue weighted by atomic mass is 10.3. The van der Waals surface area contributed by atoms with Crippen molar-refractivity contribution in [2.45, 2.75) is 38.6 Å². The van der Waals surface area contributed by atoms with Crippen molar-refractivity contribution in [2.75, 3.05) is 17.7 Å². The van der Waals surface area contributed by atoms with Gasteiger partial charge >= 0.3 is 5.97 Å². The maximum Gasteiger partial charge on any atom is 0.316 e. The summed E-state index contributed by atoms with van der Waals surface area (Å²) in [5.41, 5.74) is 1.89. The van der Waals surface area contributed by atoms with Gasteiger partial charge in [0.15, 0.2) is 11.0 Å². The number of ether oxygens (including phenoxy) is 2. The Morgan fingerprint density at radius 1 is 1.10 bits per heavy atom. The molecule has 2 aromatic carbocycles. The van der Waals surface area contributed by atoms with Gasteiger partial charge in [-0.25, -0.2) is 0 Å². The molecule has 0 saturated heterocycles. The number of esters is 1. The summed E-state index contributed by atoms with van der Waals surface area (Å²) in [6.07, 6.45) is -0.140. The van der Waals surface area contributed by atoms with Gasteiger partial charge in [0.05, 0.1) is 25.0 Å². The Balaban J connectivity index is 1.75. The van der Waals surface area contributed by atoms with Gasteiger partial charge in [-0.1, -0.05) is 30.0 Å². The van der Waals surface area contributed by atoms with Crippen molar-refractivity contribution in [1.29, 1.82) is 0 Å². The first-order valence-corrected chi connectivity index (χ1v) is 10.8. The summed E-state index contributed by atoms with van der Waals surface area (Å²) in [5, 5.41) is 12.7. The largest absolute Gasteiger partial charge is 0.494 e. The van der Waals surface area contributed by atoms with Gasteiger partial charge in [0.2, 0.25) is 0 Å². The van der Waals surface area contributed by atoms with Crippen LogP contribution in [0.5, 0.6) is 5.75 Å². The van der Waals surface area contributed by atoms with Gasteiger partial charge in [0.25, 0.3) is 0 Å². The van der Waals surface area contributed by atoms with E-state index in [0.717, 1.165) is 22.9 Å². The molecule has 3 rings (SSSR count). The van der Waals surface area contributed by atoms with Crippen LogP contribution < -0.4 is 10.1 Å². The SMILES string of the molecule is CCOc1ccc(NCc2nnc(SCC(=O)OC(C)C)n2-c2ccccc2)cc1. The lowest BCUT2D eigenvalue weighted by molar-refractivity contribution is -0.144. The van der Waals surface area contributed by atoms with Gasteiger partial charge in [-0.05, 0) is 57.2 Å². The zero-order chi connectivity index (χ0) is 21.3. The van der Waals surface area contributed by atoms with Gasteiger partial charge in [-0.15, -0.1) is 10.2 Å². The number of rotatable bonds is 10. The van der Waals surface area contributed by atoms with E-state index in [-0.39, 0.29) is 17.8 Å². The Kier molecular flexibility index (Phi) is 7.73. The van der Waals surface area contributed by atoms with Gasteiger partial charge in [-0.2, -0.15) is 0 Å². The fourth-order valence-electron chi connectivity index (χ4n) is 2.78. The van der Waals surface area contributed by atoms with Crippen LogP contribution in [0.1, 0.15) is 26.6 Å². The number of carbonyl (C=O) groups excluding carboxylic acids is 1. The van der Waals surface area contributed by atoms with E-state index in [1.165, 1.54) is 11.8 Å². The van der Waals surface area contributed by atoms with E-state index in [1.807, 2.05) is 79.9 Å². The molecule has 1 heterocycles. The van der Waals surface area contributed by atoms with Gasteiger partial charge < -0.3 is 14.8 Å². The van der Waals surface area contributed by atoms with Gasteiger partial charge in [-0.3, -0.25) is 9.36 Å². The van der Waals surface area contributed by atoms with Crippen LogP contribution in [-0.4, -0.2) is 39.2 Å². The van der Waals surface area contributed by atoms with E-state index >= 15 is 0 Å². The van der Waals surface area contributed by atoms with E-state index in [9.17, 15) is 4.79 Å². The summed E-state index contributed by atoms with van der Waals surface area (Å²) in [6.45, 7) is 6.74. The number of nitrogens with zero attached hydrogens (tertiary/aromatic N) is 3. The summed E-state index contributed by atoms with van der Waals surface area (Å²) < 4.78 is 12.6. The molecule has 0 saturated carbocycles. The van der Waals surface area contributed by atoms with Crippen molar-refractivity contribution < 1.29 is 14.3 Å². The van der Waals surface area contributed by atoms with E-state index in [4.69, 9.17) is 9.47 Å². The highest BCUT2D eigenvalue weighted by atomic mass is 32.2. The number of hydrogen-bond donors (Lipinski definition) is 1. The van der Waals surface area contributed by atoms with Crippen LogP contribution in [0.25, 0.3) is 5.69 Å². The van der Waals surface area contributed by atoms with E-state index < -0.39 is 0 Å². The number of para-hydroxylation sites is 1. The number of aromatic nitrogens is 3. The quantitative estimate of drug-likeness (QED) is 0.382. The van der Waals surface area contributed by atoms with Crippen LogP contribution >= 0.6 is 11.8 Å². The Morgan fingerprint density at radius 3 is 2.50 bits per heavy atom. The van der Waals surface area contributed by atoms with Gasteiger partial charge in [0.1, 0.15) is 5.75 Å². The van der Waals surface area contributed by atoms with Crippen LogP contribution in [0.15, 0.2) is 59.8 Å². The standard InChI is InChI=1S/C22H26N4O3S/c1-4-28-19-12-10-17(11-13-19)23-14-20-24-25-22(30-15-21(27)29-16(2)3)26(20)18-8-6-5-7-9-18/h5-13,16,23H,4,14-15H2,1-3H3. The number of carbonyl (C=O) groups is 1. The van der Waals surface area contributed by atoms with E-state index in [0.29, 0.717) is 18.3 Å². The van der Waals surface area contributed by atoms with Crippen molar-refractivity contribution >= 4 is 23.4 Å².